The van der Waals surface area contributed by atoms with Gasteiger partial charge in [-0.3, -0.25) is 0 Å². The molecule has 24 heavy (non-hydrogen) atoms. The second-order valence-electron chi connectivity index (χ2n) is 6.61. The number of rotatable bonds is 4. The van der Waals surface area contributed by atoms with Crippen LogP contribution in [-0.2, 0) is 0 Å². The Morgan fingerprint density at radius 1 is 1.08 bits per heavy atom. The molecule has 0 spiro atoms. The van der Waals surface area contributed by atoms with E-state index in [1.54, 1.807) is 7.11 Å². The highest BCUT2D eigenvalue weighted by molar-refractivity contribution is 5.47. The molecule has 128 valence electrons. The second-order valence-corrected chi connectivity index (χ2v) is 6.61. The van der Waals surface area contributed by atoms with Crippen LogP contribution in [0.25, 0.3) is 0 Å². The lowest BCUT2D eigenvalue weighted by Gasteiger charge is -2.44. The van der Waals surface area contributed by atoms with E-state index in [-0.39, 0.29) is 12.0 Å². The second kappa shape index (κ2) is 6.36. The predicted octanol–water partition coefficient (Wildman–Crippen LogP) is 4.05. The normalized spacial score (nSPS) is 21.5. The van der Waals surface area contributed by atoms with Crippen LogP contribution in [0, 0.1) is 0 Å². The van der Waals surface area contributed by atoms with E-state index in [0.29, 0.717) is 6.61 Å². The van der Waals surface area contributed by atoms with Crippen LogP contribution in [-0.4, -0.2) is 19.3 Å². The molecule has 2 aromatic rings. The van der Waals surface area contributed by atoms with Crippen molar-refractivity contribution in [3.05, 3.63) is 53.6 Å². The van der Waals surface area contributed by atoms with Gasteiger partial charge in [0.25, 0.3) is 0 Å². The van der Waals surface area contributed by atoms with E-state index in [0.717, 1.165) is 28.4 Å². The Labute approximate surface area is 143 Å². The molecule has 2 N–H and O–H groups in total. The van der Waals surface area contributed by atoms with E-state index >= 15 is 0 Å². The molecule has 1 aliphatic rings. The number of ether oxygens (including phenoxy) is 3. The van der Waals surface area contributed by atoms with Crippen LogP contribution in [0.5, 0.6) is 17.2 Å². The summed E-state index contributed by atoms with van der Waals surface area (Å²) in [5.41, 5.74) is 8.37. The Balaban J connectivity index is 1.99. The summed E-state index contributed by atoms with van der Waals surface area (Å²) in [4.78, 5) is 0. The number of nitrogens with two attached hydrogens (primary N) is 1. The molecule has 4 heteroatoms. The van der Waals surface area contributed by atoms with Gasteiger partial charge in [-0.25, -0.2) is 0 Å². The third-order valence-electron chi connectivity index (χ3n) is 4.61. The Hall–Kier alpha value is -2.20. The van der Waals surface area contributed by atoms with Gasteiger partial charge in [0, 0.05) is 23.6 Å². The van der Waals surface area contributed by atoms with Crippen molar-refractivity contribution in [1.29, 1.82) is 0 Å². The number of fused-ring (bicyclic) bond motifs is 1. The molecule has 0 amide bonds. The van der Waals surface area contributed by atoms with Crippen LogP contribution in [0.15, 0.2) is 42.5 Å². The Bertz CT molecular complexity index is 709. The largest absolute Gasteiger partial charge is 0.497 e. The lowest BCUT2D eigenvalue weighted by Crippen LogP contribution is -2.45. The Morgan fingerprint density at radius 3 is 2.38 bits per heavy atom. The van der Waals surface area contributed by atoms with Crippen molar-refractivity contribution in [3.63, 3.8) is 0 Å². The van der Waals surface area contributed by atoms with Crippen molar-refractivity contribution in [2.75, 3.05) is 13.7 Å². The van der Waals surface area contributed by atoms with E-state index in [1.807, 2.05) is 37.3 Å². The molecule has 0 aliphatic carbocycles. The summed E-state index contributed by atoms with van der Waals surface area (Å²) in [5, 5.41) is 0. The summed E-state index contributed by atoms with van der Waals surface area (Å²) >= 11 is 0. The lowest BCUT2D eigenvalue weighted by atomic mass is 9.75. The zero-order valence-electron chi connectivity index (χ0n) is 14.7. The highest BCUT2D eigenvalue weighted by atomic mass is 16.5. The summed E-state index contributed by atoms with van der Waals surface area (Å²) < 4.78 is 17.1. The minimum atomic E-state index is -0.425. The third-order valence-corrected chi connectivity index (χ3v) is 4.61. The van der Waals surface area contributed by atoms with Crippen LogP contribution < -0.4 is 19.9 Å². The zero-order chi connectivity index (χ0) is 17.3. The molecule has 3 rings (SSSR count). The van der Waals surface area contributed by atoms with Crippen molar-refractivity contribution in [3.8, 4) is 17.2 Å². The van der Waals surface area contributed by atoms with Crippen LogP contribution in [0.2, 0.25) is 0 Å². The van der Waals surface area contributed by atoms with E-state index < -0.39 is 5.60 Å². The fourth-order valence-corrected chi connectivity index (χ4v) is 3.51. The van der Waals surface area contributed by atoms with Crippen LogP contribution >= 0.6 is 0 Å². The topological polar surface area (TPSA) is 53.7 Å². The molecular weight excluding hydrogens is 302 g/mol. The van der Waals surface area contributed by atoms with Crippen LogP contribution in [0.1, 0.15) is 43.9 Å². The highest BCUT2D eigenvalue weighted by Crippen LogP contribution is 2.48. The molecule has 2 aromatic carbocycles. The van der Waals surface area contributed by atoms with E-state index in [1.165, 1.54) is 0 Å². The van der Waals surface area contributed by atoms with Crippen molar-refractivity contribution >= 4 is 0 Å². The first-order valence-corrected chi connectivity index (χ1v) is 8.31. The van der Waals surface area contributed by atoms with E-state index in [2.05, 4.69) is 26.0 Å². The number of methoxy groups -OCH3 is 1. The Morgan fingerprint density at radius 2 is 1.75 bits per heavy atom. The molecular formula is C20H25NO3. The minimum absolute atomic E-state index is 0.0499. The molecule has 0 fully saturated rings. The standard InChI is InChI=1S/C20H25NO3/c1-5-23-15-10-11-16-17(12-15)24-20(2,3)18(19(16)21)13-6-8-14(22-4)9-7-13/h6-12,18-19H,5,21H2,1-4H3. The lowest BCUT2D eigenvalue weighted by molar-refractivity contribution is 0.0475. The average molecular weight is 327 g/mol. The fourth-order valence-electron chi connectivity index (χ4n) is 3.51. The number of hydrogen-bond acceptors (Lipinski definition) is 4. The van der Waals surface area contributed by atoms with E-state index in [9.17, 15) is 0 Å². The van der Waals surface area contributed by atoms with Gasteiger partial charge in [-0.05, 0) is 44.5 Å². The molecule has 4 nitrogen and oxygen atoms in total. The molecule has 0 saturated carbocycles. The summed E-state index contributed by atoms with van der Waals surface area (Å²) in [6.07, 6.45) is 0. The molecule has 2 atom stereocenters. The van der Waals surface area contributed by atoms with Gasteiger partial charge < -0.3 is 19.9 Å². The monoisotopic (exact) mass is 327 g/mol. The maximum Gasteiger partial charge on any atom is 0.128 e. The van der Waals surface area contributed by atoms with Crippen molar-refractivity contribution < 1.29 is 14.2 Å². The summed E-state index contributed by atoms with van der Waals surface area (Å²) in [5.74, 6) is 2.50. The number of benzene rings is 2. The van der Waals surface area contributed by atoms with Gasteiger partial charge in [0.15, 0.2) is 0 Å². The van der Waals surface area contributed by atoms with Gasteiger partial charge in [0.1, 0.15) is 22.8 Å². The van der Waals surface area contributed by atoms with Crippen LogP contribution in [0.3, 0.4) is 0 Å². The van der Waals surface area contributed by atoms with Gasteiger partial charge in [-0.2, -0.15) is 0 Å². The molecule has 0 aromatic heterocycles. The molecule has 2 unspecified atom stereocenters. The quantitative estimate of drug-likeness (QED) is 0.920. The number of hydrogen-bond donors (Lipinski definition) is 1. The predicted molar refractivity (Wildman–Crippen MR) is 95.0 cm³/mol. The smallest absolute Gasteiger partial charge is 0.128 e. The molecule has 0 radical (unpaired) electrons. The first-order valence-electron chi connectivity index (χ1n) is 8.31. The Kier molecular flexibility index (Phi) is 4.41. The minimum Gasteiger partial charge on any atom is -0.497 e. The molecule has 0 saturated heterocycles. The van der Waals surface area contributed by atoms with Gasteiger partial charge in [0.2, 0.25) is 0 Å². The zero-order valence-corrected chi connectivity index (χ0v) is 14.7. The van der Waals surface area contributed by atoms with Crippen molar-refractivity contribution in [2.45, 2.75) is 38.3 Å². The van der Waals surface area contributed by atoms with Gasteiger partial charge in [-0.1, -0.05) is 18.2 Å². The fraction of sp³-hybridized carbons (Fsp3) is 0.400. The maximum atomic E-state index is 6.64. The molecule has 1 heterocycles. The SMILES string of the molecule is CCOc1ccc2c(c1)OC(C)(C)C(c1ccc(OC)cc1)C2N. The van der Waals surface area contributed by atoms with Crippen molar-refractivity contribution in [1.82, 2.24) is 0 Å². The van der Waals surface area contributed by atoms with Crippen LogP contribution in [0.4, 0.5) is 0 Å². The average Bonchev–Trinajstić information content (AvgIpc) is 2.54. The maximum absolute atomic E-state index is 6.64. The van der Waals surface area contributed by atoms with Crippen molar-refractivity contribution in [2.24, 2.45) is 5.73 Å². The first kappa shape index (κ1) is 16.7. The summed E-state index contributed by atoms with van der Waals surface area (Å²) in [7, 11) is 1.67. The van der Waals surface area contributed by atoms with Gasteiger partial charge in [-0.15, -0.1) is 0 Å². The molecule has 0 bridgehead atoms. The third kappa shape index (κ3) is 2.94. The summed E-state index contributed by atoms with van der Waals surface area (Å²) in [6, 6.07) is 13.8. The highest BCUT2D eigenvalue weighted by Gasteiger charge is 2.43. The summed E-state index contributed by atoms with van der Waals surface area (Å²) in [6.45, 7) is 6.76. The van der Waals surface area contributed by atoms with E-state index in [4.69, 9.17) is 19.9 Å². The van der Waals surface area contributed by atoms with Gasteiger partial charge >= 0.3 is 0 Å². The first-order chi connectivity index (χ1) is 11.5. The molecule has 1 aliphatic heterocycles. The van der Waals surface area contributed by atoms with Gasteiger partial charge in [0.05, 0.1) is 13.7 Å².